The number of hydrazone groups is 1. The number of imide groups is 1. The summed E-state index contributed by atoms with van der Waals surface area (Å²) in [6, 6.07) is -0.810. The largest absolute Gasteiger partial charge is 0.350 e. The molecule has 1 aliphatic rings. The van der Waals surface area contributed by atoms with Crippen molar-refractivity contribution in [3.63, 3.8) is 0 Å². The number of primary amides is 1. The molecule has 1 heterocycles. The van der Waals surface area contributed by atoms with Gasteiger partial charge in [0.2, 0.25) is 0 Å². The van der Waals surface area contributed by atoms with Crippen LogP contribution in [0.25, 0.3) is 0 Å². The molecule has 0 radical (unpaired) electrons. The number of amides is 3. The maximum atomic E-state index is 11.3. The van der Waals surface area contributed by atoms with Gasteiger partial charge in [-0.05, 0) is 13.3 Å². The lowest BCUT2D eigenvalue weighted by Crippen LogP contribution is -2.36. The highest BCUT2D eigenvalue weighted by Gasteiger charge is 2.34. The van der Waals surface area contributed by atoms with Crippen molar-refractivity contribution in [2.45, 2.75) is 20.3 Å². The van der Waals surface area contributed by atoms with Gasteiger partial charge < -0.3 is 5.73 Å². The molecule has 0 saturated carbocycles. The Bertz CT molecular complexity index is 259. The van der Waals surface area contributed by atoms with E-state index in [-0.39, 0.29) is 11.8 Å². The maximum Gasteiger partial charge on any atom is 0.342 e. The molecule has 0 aromatic carbocycles. The molecule has 0 aliphatic carbocycles. The second-order valence-corrected chi connectivity index (χ2v) is 2.69. The molecule has 2 N–H and O–H groups in total. The number of nitrogens with two attached hydrogens (primary N) is 1. The lowest BCUT2D eigenvalue weighted by molar-refractivity contribution is -0.128. The number of carbonyl (C=O) groups excluding carboxylic acids is 2. The van der Waals surface area contributed by atoms with Crippen LogP contribution in [0, 0.1) is 5.92 Å². The van der Waals surface area contributed by atoms with Crippen molar-refractivity contribution in [2.24, 2.45) is 16.8 Å². The third-order valence-electron chi connectivity index (χ3n) is 1.89. The van der Waals surface area contributed by atoms with Crippen LogP contribution in [0.5, 0.6) is 0 Å². The van der Waals surface area contributed by atoms with E-state index in [2.05, 4.69) is 5.10 Å². The summed E-state index contributed by atoms with van der Waals surface area (Å²) in [5.41, 5.74) is 5.58. The Labute approximate surface area is 70.2 Å². The highest BCUT2D eigenvalue weighted by Crippen LogP contribution is 2.17. The van der Waals surface area contributed by atoms with Gasteiger partial charge in [-0.1, -0.05) is 6.92 Å². The molecular formula is C7H11N3O2. The summed E-state index contributed by atoms with van der Waals surface area (Å²) in [4.78, 5) is 21.9. The molecule has 0 spiro atoms. The van der Waals surface area contributed by atoms with E-state index in [9.17, 15) is 9.59 Å². The van der Waals surface area contributed by atoms with Crippen LogP contribution in [0.1, 0.15) is 20.3 Å². The number of carbonyl (C=O) groups is 2. The van der Waals surface area contributed by atoms with Crippen molar-refractivity contribution < 1.29 is 9.59 Å². The topological polar surface area (TPSA) is 75.8 Å². The highest BCUT2D eigenvalue weighted by molar-refractivity contribution is 6.12. The quantitative estimate of drug-likeness (QED) is 0.613. The average Bonchev–Trinajstić information content (AvgIpc) is 2.27. The van der Waals surface area contributed by atoms with Crippen molar-refractivity contribution >= 4 is 17.6 Å². The molecule has 0 aromatic heterocycles. The molecule has 5 heteroatoms. The van der Waals surface area contributed by atoms with E-state index in [1.54, 1.807) is 6.92 Å². The fraction of sp³-hybridized carbons (Fsp3) is 0.571. The average molecular weight is 169 g/mol. The van der Waals surface area contributed by atoms with E-state index in [1.165, 1.54) is 0 Å². The number of nitrogens with zero attached hydrogens (tertiary/aromatic N) is 2. The van der Waals surface area contributed by atoms with E-state index in [1.807, 2.05) is 6.92 Å². The molecule has 0 fully saturated rings. The Morgan fingerprint density at radius 2 is 2.33 bits per heavy atom. The third kappa shape index (κ3) is 1.17. The van der Waals surface area contributed by atoms with Crippen LogP contribution in [-0.2, 0) is 4.79 Å². The molecule has 1 aliphatic heterocycles. The van der Waals surface area contributed by atoms with Gasteiger partial charge in [0.1, 0.15) is 0 Å². The van der Waals surface area contributed by atoms with Crippen LogP contribution in [-0.4, -0.2) is 22.7 Å². The first-order valence-corrected chi connectivity index (χ1v) is 3.76. The summed E-state index contributed by atoms with van der Waals surface area (Å²) in [5.74, 6) is -0.583. The fourth-order valence-corrected chi connectivity index (χ4v) is 1.23. The van der Waals surface area contributed by atoms with Gasteiger partial charge in [-0.2, -0.15) is 5.10 Å². The van der Waals surface area contributed by atoms with Crippen molar-refractivity contribution in [2.75, 3.05) is 0 Å². The van der Waals surface area contributed by atoms with Crippen molar-refractivity contribution in [1.29, 1.82) is 0 Å². The third-order valence-corrected chi connectivity index (χ3v) is 1.89. The standard InChI is InChI=1S/C7H11N3O2/c1-3-5-4(2)9-10(6(5)11)7(8)12/h5H,3H2,1-2H3,(H2,8,12). The minimum absolute atomic E-state index is 0.266. The lowest BCUT2D eigenvalue weighted by Gasteiger charge is -2.07. The molecule has 5 nitrogen and oxygen atoms in total. The molecule has 1 unspecified atom stereocenters. The number of rotatable bonds is 1. The molecule has 0 saturated heterocycles. The Hall–Kier alpha value is -1.39. The fourth-order valence-electron chi connectivity index (χ4n) is 1.23. The zero-order chi connectivity index (χ0) is 9.30. The second-order valence-electron chi connectivity index (χ2n) is 2.69. The van der Waals surface area contributed by atoms with E-state index in [0.29, 0.717) is 12.1 Å². The number of hydrogen-bond acceptors (Lipinski definition) is 3. The number of hydrogen-bond donors (Lipinski definition) is 1. The van der Waals surface area contributed by atoms with Gasteiger partial charge in [0, 0.05) is 5.71 Å². The first-order chi connectivity index (χ1) is 5.57. The Morgan fingerprint density at radius 1 is 1.75 bits per heavy atom. The summed E-state index contributed by atoms with van der Waals surface area (Å²) in [5, 5.41) is 4.47. The molecule has 1 atom stereocenters. The Kier molecular flexibility index (Phi) is 2.12. The summed E-state index contributed by atoms with van der Waals surface area (Å²) >= 11 is 0. The normalized spacial score (nSPS) is 22.8. The summed E-state index contributed by atoms with van der Waals surface area (Å²) in [6.45, 7) is 3.58. The Balaban J connectivity index is 2.87. The van der Waals surface area contributed by atoms with Gasteiger partial charge in [-0.15, -0.1) is 5.01 Å². The summed E-state index contributed by atoms with van der Waals surface area (Å²) < 4.78 is 0. The van der Waals surface area contributed by atoms with E-state index in [4.69, 9.17) is 5.73 Å². The minimum atomic E-state index is -0.810. The van der Waals surface area contributed by atoms with E-state index >= 15 is 0 Å². The van der Waals surface area contributed by atoms with Crippen LogP contribution in [0.3, 0.4) is 0 Å². The molecular weight excluding hydrogens is 158 g/mol. The van der Waals surface area contributed by atoms with Gasteiger partial charge in [0.05, 0.1) is 5.92 Å². The van der Waals surface area contributed by atoms with Crippen LogP contribution in [0.15, 0.2) is 5.10 Å². The van der Waals surface area contributed by atoms with Crippen LogP contribution >= 0.6 is 0 Å². The summed E-state index contributed by atoms with van der Waals surface area (Å²) in [7, 11) is 0. The van der Waals surface area contributed by atoms with Gasteiger partial charge in [0.15, 0.2) is 0 Å². The highest BCUT2D eigenvalue weighted by atomic mass is 16.2. The van der Waals surface area contributed by atoms with Gasteiger partial charge in [-0.3, -0.25) is 4.79 Å². The maximum absolute atomic E-state index is 11.3. The molecule has 0 aromatic rings. The van der Waals surface area contributed by atoms with Crippen LogP contribution in [0.2, 0.25) is 0 Å². The summed E-state index contributed by atoms with van der Waals surface area (Å²) in [6.07, 6.45) is 0.651. The second kappa shape index (κ2) is 2.92. The lowest BCUT2D eigenvalue weighted by atomic mass is 10.0. The van der Waals surface area contributed by atoms with Gasteiger partial charge in [-0.25, -0.2) is 4.79 Å². The monoisotopic (exact) mass is 169 g/mol. The minimum Gasteiger partial charge on any atom is -0.350 e. The molecule has 0 bridgehead atoms. The SMILES string of the molecule is CCC1C(=O)N(C(N)=O)N=C1C. The molecule has 1 rings (SSSR count). The zero-order valence-corrected chi connectivity index (χ0v) is 7.07. The van der Waals surface area contributed by atoms with Gasteiger partial charge >= 0.3 is 6.03 Å². The predicted octanol–water partition coefficient (Wildman–Crippen LogP) is 0.309. The predicted molar refractivity (Wildman–Crippen MR) is 43.3 cm³/mol. The van der Waals surface area contributed by atoms with Gasteiger partial charge in [0.25, 0.3) is 5.91 Å². The molecule has 12 heavy (non-hydrogen) atoms. The number of urea groups is 1. The van der Waals surface area contributed by atoms with E-state index < -0.39 is 6.03 Å². The first kappa shape index (κ1) is 8.70. The van der Waals surface area contributed by atoms with Crippen LogP contribution < -0.4 is 5.73 Å². The Morgan fingerprint density at radius 3 is 2.58 bits per heavy atom. The smallest absolute Gasteiger partial charge is 0.342 e. The van der Waals surface area contributed by atoms with Crippen molar-refractivity contribution in [1.82, 2.24) is 5.01 Å². The van der Waals surface area contributed by atoms with Crippen LogP contribution in [0.4, 0.5) is 4.79 Å². The zero-order valence-electron chi connectivity index (χ0n) is 7.07. The van der Waals surface area contributed by atoms with E-state index in [0.717, 1.165) is 5.01 Å². The van der Waals surface area contributed by atoms with Crippen molar-refractivity contribution in [3.05, 3.63) is 0 Å². The first-order valence-electron chi connectivity index (χ1n) is 3.76. The van der Waals surface area contributed by atoms with Crippen molar-refractivity contribution in [3.8, 4) is 0 Å². The molecule has 3 amide bonds. The molecule has 66 valence electrons.